The van der Waals surface area contributed by atoms with Crippen molar-refractivity contribution in [3.05, 3.63) is 47.8 Å². The van der Waals surface area contributed by atoms with Gasteiger partial charge >= 0.3 is 0 Å². The summed E-state index contributed by atoms with van der Waals surface area (Å²) in [6.07, 6.45) is 13.4. The summed E-state index contributed by atoms with van der Waals surface area (Å²) in [5.74, 6) is 1.79. The number of nitrogens with one attached hydrogen (secondary N) is 1. The Bertz CT molecular complexity index is 346. The van der Waals surface area contributed by atoms with E-state index >= 15 is 0 Å². The van der Waals surface area contributed by atoms with Gasteiger partial charge in [0, 0.05) is 25.4 Å². The van der Waals surface area contributed by atoms with Crippen molar-refractivity contribution in [2.75, 3.05) is 19.7 Å². The first-order chi connectivity index (χ1) is 8.88. The van der Waals surface area contributed by atoms with E-state index in [-0.39, 0.29) is 0 Å². The minimum Gasteiger partial charge on any atom is -0.497 e. The average Bonchev–Trinajstić information content (AvgIpc) is 2.37. The van der Waals surface area contributed by atoms with E-state index in [0.29, 0.717) is 5.92 Å². The third-order valence-electron chi connectivity index (χ3n) is 2.84. The zero-order valence-electron chi connectivity index (χ0n) is 11.8. The average molecular weight is 247 g/mol. The molecule has 2 rings (SSSR count). The van der Waals surface area contributed by atoms with E-state index in [0.717, 1.165) is 31.9 Å². The van der Waals surface area contributed by atoms with Gasteiger partial charge in [-0.25, -0.2) is 0 Å². The van der Waals surface area contributed by atoms with Crippen LogP contribution in [-0.4, -0.2) is 19.7 Å². The summed E-state index contributed by atoms with van der Waals surface area (Å²) in [7, 11) is 0. The molecule has 0 atom stereocenters. The minimum absolute atomic E-state index is 0.703. The summed E-state index contributed by atoms with van der Waals surface area (Å²) in [5, 5.41) is 3.25. The van der Waals surface area contributed by atoms with Gasteiger partial charge in [-0.3, -0.25) is 0 Å². The third kappa shape index (κ3) is 4.92. The molecule has 2 heteroatoms. The Balaban J connectivity index is 0.000000771. The van der Waals surface area contributed by atoms with Crippen molar-refractivity contribution in [3.63, 3.8) is 0 Å². The molecule has 18 heavy (non-hydrogen) atoms. The molecule has 0 saturated carbocycles. The lowest BCUT2D eigenvalue weighted by molar-refractivity contribution is 0.131. The fourth-order valence-corrected chi connectivity index (χ4v) is 1.72. The molecule has 0 unspecified atom stereocenters. The standard InChI is InChI=1S/C14H19NO.C2H6/c1-2-3-5-12-6-4-7-14(8-12)16-11-13-9-15-10-13;1-2/h2-7,13,15H,8-11H2,1H3;1-2H3/b3-2-,12-5-;. The molecule has 0 amide bonds. The predicted octanol–water partition coefficient (Wildman–Crippen LogP) is 3.59. The van der Waals surface area contributed by atoms with Crippen LogP contribution in [0.5, 0.6) is 0 Å². The first kappa shape index (κ1) is 14.8. The van der Waals surface area contributed by atoms with Gasteiger partial charge in [-0.05, 0) is 18.6 Å². The Morgan fingerprint density at radius 1 is 1.39 bits per heavy atom. The van der Waals surface area contributed by atoms with Gasteiger partial charge in [0.15, 0.2) is 0 Å². The summed E-state index contributed by atoms with van der Waals surface area (Å²) in [6, 6.07) is 0. The minimum atomic E-state index is 0.703. The summed E-state index contributed by atoms with van der Waals surface area (Å²) in [4.78, 5) is 0. The number of rotatable bonds is 4. The summed E-state index contributed by atoms with van der Waals surface area (Å²) in [6.45, 7) is 9.08. The van der Waals surface area contributed by atoms with Crippen LogP contribution in [0, 0.1) is 5.92 Å². The van der Waals surface area contributed by atoms with Crippen molar-refractivity contribution in [1.29, 1.82) is 0 Å². The maximum Gasteiger partial charge on any atom is 0.100 e. The van der Waals surface area contributed by atoms with Gasteiger partial charge < -0.3 is 10.1 Å². The lowest BCUT2D eigenvalue weighted by Gasteiger charge is -2.27. The summed E-state index contributed by atoms with van der Waals surface area (Å²) < 4.78 is 5.80. The first-order valence-electron chi connectivity index (χ1n) is 6.91. The molecule has 1 aliphatic heterocycles. The Morgan fingerprint density at radius 3 is 2.78 bits per heavy atom. The van der Waals surface area contributed by atoms with Gasteiger partial charge in [0.2, 0.25) is 0 Å². The topological polar surface area (TPSA) is 21.3 Å². The molecule has 0 bridgehead atoms. The van der Waals surface area contributed by atoms with Gasteiger partial charge in [0.25, 0.3) is 0 Å². The highest BCUT2D eigenvalue weighted by atomic mass is 16.5. The Kier molecular flexibility index (Phi) is 7.19. The van der Waals surface area contributed by atoms with Crippen molar-refractivity contribution in [2.45, 2.75) is 27.2 Å². The monoisotopic (exact) mass is 247 g/mol. The summed E-state index contributed by atoms with van der Waals surface area (Å²) >= 11 is 0. The van der Waals surface area contributed by atoms with Crippen LogP contribution in [0.4, 0.5) is 0 Å². The van der Waals surface area contributed by atoms with Crippen molar-refractivity contribution in [2.24, 2.45) is 5.92 Å². The van der Waals surface area contributed by atoms with Crippen molar-refractivity contribution in [3.8, 4) is 0 Å². The molecule has 0 aromatic heterocycles. The van der Waals surface area contributed by atoms with Gasteiger partial charge in [0.1, 0.15) is 5.76 Å². The molecular weight excluding hydrogens is 222 g/mol. The second kappa shape index (κ2) is 8.76. The zero-order chi connectivity index (χ0) is 13.2. The van der Waals surface area contributed by atoms with Crippen LogP contribution in [0.25, 0.3) is 0 Å². The second-order valence-corrected chi connectivity index (χ2v) is 4.27. The van der Waals surface area contributed by atoms with Crippen LogP contribution in [-0.2, 0) is 4.74 Å². The molecular formula is C16H25NO. The van der Waals surface area contributed by atoms with E-state index in [2.05, 4.69) is 35.7 Å². The van der Waals surface area contributed by atoms with Crippen LogP contribution in [0.15, 0.2) is 47.8 Å². The highest BCUT2D eigenvalue weighted by molar-refractivity contribution is 5.34. The quantitative estimate of drug-likeness (QED) is 0.819. The van der Waals surface area contributed by atoms with E-state index in [1.165, 1.54) is 5.57 Å². The molecule has 100 valence electrons. The molecule has 0 radical (unpaired) electrons. The maximum absolute atomic E-state index is 5.80. The van der Waals surface area contributed by atoms with Gasteiger partial charge in [0.05, 0.1) is 6.61 Å². The van der Waals surface area contributed by atoms with Crippen LogP contribution in [0.2, 0.25) is 0 Å². The number of allylic oxidation sites excluding steroid dienone is 7. The third-order valence-corrected chi connectivity index (χ3v) is 2.84. The largest absolute Gasteiger partial charge is 0.497 e. The van der Waals surface area contributed by atoms with Gasteiger partial charge in [-0.15, -0.1) is 0 Å². The second-order valence-electron chi connectivity index (χ2n) is 4.27. The SMILES string of the molecule is C/C=C\C=C1\C=CC=C(OCC2CNC2)C1.CC. The van der Waals surface area contributed by atoms with Crippen LogP contribution >= 0.6 is 0 Å². The normalized spacial score (nSPS) is 21.3. The Morgan fingerprint density at radius 2 is 2.17 bits per heavy atom. The fraction of sp³-hybridized carbons (Fsp3) is 0.500. The molecule has 1 aliphatic carbocycles. The summed E-state index contributed by atoms with van der Waals surface area (Å²) in [5.41, 5.74) is 1.31. The van der Waals surface area contributed by atoms with E-state index in [4.69, 9.17) is 4.74 Å². The molecule has 1 N–H and O–H groups in total. The molecule has 1 fully saturated rings. The lowest BCUT2D eigenvalue weighted by Crippen LogP contribution is -2.44. The molecule has 2 aliphatic rings. The van der Waals surface area contributed by atoms with Crippen LogP contribution in [0.3, 0.4) is 0 Å². The van der Waals surface area contributed by atoms with Crippen molar-refractivity contribution < 1.29 is 4.74 Å². The molecule has 1 heterocycles. The van der Waals surface area contributed by atoms with Crippen LogP contribution in [0.1, 0.15) is 27.2 Å². The lowest BCUT2D eigenvalue weighted by atomic mass is 10.0. The van der Waals surface area contributed by atoms with Crippen molar-refractivity contribution in [1.82, 2.24) is 5.32 Å². The Hall–Kier alpha value is -1.28. The molecule has 2 nitrogen and oxygen atoms in total. The smallest absolute Gasteiger partial charge is 0.100 e. The number of hydrogen-bond acceptors (Lipinski definition) is 2. The highest BCUT2D eigenvalue weighted by Crippen LogP contribution is 2.20. The predicted molar refractivity (Wildman–Crippen MR) is 78.4 cm³/mol. The molecule has 0 aromatic carbocycles. The van der Waals surface area contributed by atoms with Crippen LogP contribution < -0.4 is 5.32 Å². The molecule has 0 spiro atoms. The van der Waals surface area contributed by atoms with E-state index in [1.807, 2.05) is 26.8 Å². The maximum atomic E-state index is 5.80. The number of hydrogen-bond donors (Lipinski definition) is 1. The Labute approximate surface area is 111 Å². The molecule has 1 saturated heterocycles. The highest BCUT2D eigenvalue weighted by Gasteiger charge is 2.17. The van der Waals surface area contributed by atoms with E-state index in [9.17, 15) is 0 Å². The first-order valence-corrected chi connectivity index (χ1v) is 6.91. The van der Waals surface area contributed by atoms with Crippen molar-refractivity contribution >= 4 is 0 Å². The van der Waals surface area contributed by atoms with Gasteiger partial charge in [-0.1, -0.05) is 44.2 Å². The van der Waals surface area contributed by atoms with E-state index in [1.54, 1.807) is 0 Å². The zero-order valence-corrected chi connectivity index (χ0v) is 11.8. The fourth-order valence-electron chi connectivity index (χ4n) is 1.72. The van der Waals surface area contributed by atoms with Gasteiger partial charge in [-0.2, -0.15) is 0 Å². The number of ether oxygens (including phenoxy) is 1. The molecule has 0 aromatic rings. The van der Waals surface area contributed by atoms with E-state index < -0.39 is 0 Å².